The molecule has 5 heteroatoms. The molecule has 1 amide bonds. The second-order valence-corrected chi connectivity index (χ2v) is 5.35. The maximum atomic E-state index is 12.4. The van der Waals surface area contributed by atoms with Crippen LogP contribution in [0.5, 0.6) is 5.75 Å². The summed E-state index contributed by atoms with van der Waals surface area (Å²) in [4.78, 5) is 12.4. The maximum Gasteiger partial charge on any atom is 0.244 e. The van der Waals surface area contributed by atoms with Crippen molar-refractivity contribution in [3.63, 3.8) is 0 Å². The van der Waals surface area contributed by atoms with Crippen LogP contribution >= 0.6 is 12.4 Å². The number of aryl methyl sites for hydroxylation is 1. The van der Waals surface area contributed by atoms with Gasteiger partial charge in [-0.15, -0.1) is 12.4 Å². The summed E-state index contributed by atoms with van der Waals surface area (Å²) < 4.78 is 5.17. The molecule has 1 atom stereocenters. The molecule has 1 aromatic carbocycles. The maximum absolute atomic E-state index is 12.4. The number of benzene rings is 1. The molecule has 2 rings (SSSR count). The number of carbonyl (C=O) groups excluding carboxylic acids is 1. The Balaban J connectivity index is 0.00000200. The summed E-state index contributed by atoms with van der Waals surface area (Å²) >= 11 is 0. The lowest BCUT2D eigenvalue weighted by Gasteiger charge is -2.33. The summed E-state index contributed by atoms with van der Waals surface area (Å²) in [5.41, 5.74) is 1.40. The summed E-state index contributed by atoms with van der Waals surface area (Å²) in [6.45, 7) is 4.85. The molecule has 0 bridgehead atoms. The molecule has 112 valence electrons. The van der Waals surface area contributed by atoms with Crippen molar-refractivity contribution in [1.29, 1.82) is 0 Å². The third kappa shape index (κ3) is 3.64. The van der Waals surface area contributed by atoms with Gasteiger partial charge in [-0.25, -0.2) is 0 Å². The molecular formula is C15H23ClN2O2. The molecule has 1 saturated heterocycles. The van der Waals surface area contributed by atoms with Crippen LogP contribution in [0, 0.1) is 6.92 Å². The van der Waals surface area contributed by atoms with E-state index < -0.39 is 5.54 Å². The van der Waals surface area contributed by atoms with Crippen molar-refractivity contribution in [2.75, 3.05) is 19.0 Å². The van der Waals surface area contributed by atoms with E-state index in [0.29, 0.717) is 0 Å². The SMILES string of the molecule is COc1ccc(NC(=O)C2(C)CCCCN2)c(C)c1.Cl. The number of carbonyl (C=O) groups is 1. The molecule has 4 nitrogen and oxygen atoms in total. The first-order valence-corrected chi connectivity index (χ1v) is 6.76. The third-order valence-electron chi connectivity index (χ3n) is 3.80. The highest BCUT2D eigenvalue weighted by molar-refractivity contribution is 5.98. The van der Waals surface area contributed by atoms with Gasteiger partial charge in [0.05, 0.1) is 12.6 Å². The van der Waals surface area contributed by atoms with Crippen molar-refractivity contribution in [2.24, 2.45) is 0 Å². The second kappa shape index (κ2) is 6.95. The van der Waals surface area contributed by atoms with Crippen LogP contribution in [0.15, 0.2) is 18.2 Å². The zero-order chi connectivity index (χ0) is 13.9. The number of nitrogens with one attached hydrogen (secondary N) is 2. The van der Waals surface area contributed by atoms with Gasteiger partial charge in [0.1, 0.15) is 5.75 Å². The Labute approximate surface area is 126 Å². The van der Waals surface area contributed by atoms with Gasteiger partial charge >= 0.3 is 0 Å². The fourth-order valence-electron chi connectivity index (χ4n) is 2.41. The van der Waals surface area contributed by atoms with Gasteiger partial charge in [-0.2, -0.15) is 0 Å². The average molecular weight is 299 g/mol. The number of anilines is 1. The summed E-state index contributed by atoms with van der Waals surface area (Å²) in [5, 5.41) is 6.34. The molecule has 20 heavy (non-hydrogen) atoms. The molecule has 0 saturated carbocycles. The standard InChI is InChI=1S/C15H22N2O2.ClH/c1-11-10-12(19-3)6-7-13(11)17-14(18)15(2)8-4-5-9-16-15;/h6-7,10,16H,4-5,8-9H2,1-3H3,(H,17,18);1H. The summed E-state index contributed by atoms with van der Waals surface area (Å²) in [5.74, 6) is 0.845. The van der Waals surface area contributed by atoms with Gasteiger partial charge in [0.25, 0.3) is 0 Å². The number of methoxy groups -OCH3 is 1. The first-order valence-electron chi connectivity index (χ1n) is 6.76. The predicted molar refractivity (Wildman–Crippen MR) is 83.9 cm³/mol. The van der Waals surface area contributed by atoms with Crippen LogP contribution in [-0.2, 0) is 4.79 Å². The van der Waals surface area contributed by atoms with E-state index in [-0.39, 0.29) is 18.3 Å². The van der Waals surface area contributed by atoms with E-state index in [2.05, 4.69) is 10.6 Å². The molecule has 0 aliphatic carbocycles. The van der Waals surface area contributed by atoms with E-state index in [1.807, 2.05) is 32.0 Å². The van der Waals surface area contributed by atoms with Crippen LogP contribution in [0.25, 0.3) is 0 Å². The van der Waals surface area contributed by atoms with Gasteiger partial charge in [-0.1, -0.05) is 0 Å². The smallest absolute Gasteiger partial charge is 0.244 e. The molecule has 1 aliphatic heterocycles. The number of hydrogen-bond donors (Lipinski definition) is 2. The largest absolute Gasteiger partial charge is 0.497 e. The zero-order valence-corrected chi connectivity index (χ0v) is 13.1. The van der Waals surface area contributed by atoms with Crippen molar-refractivity contribution in [3.05, 3.63) is 23.8 Å². The number of ether oxygens (including phenoxy) is 1. The van der Waals surface area contributed by atoms with Gasteiger partial charge in [0, 0.05) is 5.69 Å². The fraction of sp³-hybridized carbons (Fsp3) is 0.533. The topological polar surface area (TPSA) is 50.4 Å². The third-order valence-corrected chi connectivity index (χ3v) is 3.80. The van der Waals surface area contributed by atoms with E-state index in [9.17, 15) is 4.79 Å². The number of amides is 1. The summed E-state index contributed by atoms with van der Waals surface area (Å²) in [6, 6.07) is 5.67. The number of piperidine rings is 1. The van der Waals surface area contributed by atoms with Crippen LogP contribution in [-0.4, -0.2) is 25.1 Å². The van der Waals surface area contributed by atoms with Crippen molar-refractivity contribution in [1.82, 2.24) is 5.32 Å². The van der Waals surface area contributed by atoms with E-state index in [4.69, 9.17) is 4.74 Å². The lowest BCUT2D eigenvalue weighted by molar-refractivity contribution is -0.122. The van der Waals surface area contributed by atoms with Crippen molar-refractivity contribution >= 4 is 24.0 Å². The van der Waals surface area contributed by atoms with Gasteiger partial charge in [0.15, 0.2) is 0 Å². The Hall–Kier alpha value is -1.26. The minimum atomic E-state index is -0.454. The fourth-order valence-corrected chi connectivity index (χ4v) is 2.41. The molecule has 1 fully saturated rings. The Morgan fingerprint density at radius 2 is 2.15 bits per heavy atom. The highest BCUT2D eigenvalue weighted by atomic mass is 35.5. The highest BCUT2D eigenvalue weighted by Crippen LogP contribution is 2.24. The number of halogens is 1. The van der Waals surface area contributed by atoms with E-state index in [1.54, 1.807) is 7.11 Å². The Kier molecular flexibility index (Phi) is 5.84. The van der Waals surface area contributed by atoms with E-state index in [0.717, 1.165) is 42.8 Å². The molecule has 0 spiro atoms. The van der Waals surface area contributed by atoms with Crippen LogP contribution in [0.4, 0.5) is 5.69 Å². The monoisotopic (exact) mass is 298 g/mol. The molecule has 0 aromatic heterocycles. The van der Waals surface area contributed by atoms with Crippen LogP contribution < -0.4 is 15.4 Å². The minimum Gasteiger partial charge on any atom is -0.497 e. The molecule has 1 unspecified atom stereocenters. The minimum absolute atomic E-state index is 0. The average Bonchev–Trinajstić information content (AvgIpc) is 2.41. The summed E-state index contributed by atoms with van der Waals surface area (Å²) in [6.07, 6.45) is 3.12. The molecule has 0 radical (unpaired) electrons. The zero-order valence-electron chi connectivity index (χ0n) is 12.3. The Morgan fingerprint density at radius 1 is 1.40 bits per heavy atom. The lowest BCUT2D eigenvalue weighted by atomic mass is 9.90. The van der Waals surface area contributed by atoms with E-state index >= 15 is 0 Å². The Morgan fingerprint density at radius 3 is 2.70 bits per heavy atom. The molecular weight excluding hydrogens is 276 g/mol. The van der Waals surface area contributed by atoms with Gasteiger partial charge in [0.2, 0.25) is 5.91 Å². The first kappa shape index (κ1) is 16.8. The van der Waals surface area contributed by atoms with Gasteiger partial charge in [-0.3, -0.25) is 4.79 Å². The van der Waals surface area contributed by atoms with Crippen LogP contribution in [0.2, 0.25) is 0 Å². The lowest BCUT2D eigenvalue weighted by Crippen LogP contribution is -2.54. The normalized spacial score (nSPS) is 21.8. The van der Waals surface area contributed by atoms with Crippen LogP contribution in [0.3, 0.4) is 0 Å². The first-order chi connectivity index (χ1) is 9.05. The molecule has 1 aromatic rings. The quantitative estimate of drug-likeness (QED) is 0.902. The van der Waals surface area contributed by atoms with Crippen molar-refractivity contribution < 1.29 is 9.53 Å². The predicted octanol–water partition coefficient (Wildman–Crippen LogP) is 2.90. The van der Waals surface area contributed by atoms with Crippen molar-refractivity contribution in [2.45, 2.75) is 38.6 Å². The second-order valence-electron chi connectivity index (χ2n) is 5.35. The number of rotatable bonds is 3. The molecule has 1 heterocycles. The van der Waals surface area contributed by atoms with Crippen molar-refractivity contribution in [3.8, 4) is 5.75 Å². The summed E-state index contributed by atoms with van der Waals surface area (Å²) in [7, 11) is 1.64. The molecule has 1 aliphatic rings. The number of hydrogen-bond acceptors (Lipinski definition) is 3. The van der Waals surface area contributed by atoms with Gasteiger partial charge in [-0.05, 0) is 63.4 Å². The highest BCUT2D eigenvalue weighted by Gasteiger charge is 2.34. The van der Waals surface area contributed by atoms with Gasteiger partial charge < -0.3 is 15.4 Å². The Bertz CT molecular complexity index is 471. The molecule has 2 N–H and O–H groups in total. The van der Waals surface area contributed by atoms with E-state index in [1.165, 1.54) is 0 Å². The van der Waals surface area contributed by atoms with Crippen LogP contribution in [0.1, 0.15) is 31.7 Å².